The van der Waals surface area contributed by atoms with Crippen LogP contribution in [-0.2, 0) is 9.47 Å². The summed E-state index contributed by atoms with van der Waals surface area (Å²) in [6.45, 7) is 2.52. The number of nitrogens with one attached hydrogen (secondary N) is 1. The largest absolute Gasteiger partial charge is 0.368 e. The number of ether oxygens (including phenoxy) is 2. The molecule has 1 unspecified atom stereocenters. The second kappa shape index (κ2) is 5.10. The molecule has 1 N–H and O–H groups in total. The number of hydrogen-bond donors (Lipinski definition) is 1. The van der Waals surface area contributed by atoms with Crippen LogP contribution in [0.3, 0.4) is 0 Å². The van der Waals surface area contributed by atoms with Crippen molar-refractivity contribution in [2.75, 3.05) is 25.1 Å². The monoisotopic (exact) mass is 386 g/mol. The smallest absolute Gasteiger partial charge is 0.168 e. The Hall–Kier alpha value is -0.400. The van der Waals surface area contributed by atoms with Crippen molar-refractivity contribution in [2.45, 2.75) is 41.3 Å². The van der Waals surface area contributed by atoms with E-state index >= 15 is 0 Å². The van der Waals surface area contributed by atoms with E-state index in [0.717, 1.165) is 51.3 Å². The Labute approximate surface area is 132 Å². The number of nitrogens with zero attached hydrogens (tertiary/aromatic N) is 1. The molecule has 0 bridgehead atoms. The van der Waals surface area contributed by atoms with E-state index in [2.05, 4.69) is 45.2 Å². The molecule has 1 spiro atoms. The van der Waals surface area contributed by atoms with Gasteiger partial charge in [-0.15, -0.1) is 0 Å². The summed E-state index contributed by atoms with van der Waals surface area (Å²) in [5.41, 5.74) is 2.76. The second-order valence-electron chi connectivity index (χ2n) is 5.94. The second-order valence-corrected chi connectivity index (χ2v) is 7.44. The SMILES string of the molecule is IC1CNc2ncc(C3CCC4(CC3)OCCO4)cc21. The van der Waals surface area contributed by atoms with Gasteiger partial charge in [-0.3, -0.25) is 0 Å². The Balaban J connectivity index is 1.50. The quantitative estimate of drug-likeness (QED) is 0.594. The first-order chi connectivity index (χ1) is 9.76. The summed E-state index contributed by atoms with van der Waals surface area (Å²) in [7, 11) is 0. The van der Waals surface area contributed by atoms with E-state index < -0.39 is 0 Å². The summed E-state index contributed by atoms with van der Waals surface area (Å²) >= 11 is 2.49. The maximum absolute atomic E-state index is 5.81. The van der Waals surface area contributed by atoms with Gasteiger partial charge in [0.25, 0.3) is 0 Å². The van der Waals surface area contributed by atoms with Crippen molar-refractivity contribution in [3.8, 4) is 0 Å². The lowest BCUT2D eigenvalue weighted by Gasteiger charge is -2.35. The highest BCUT2D eigenvalue weighted by molar-refractivity contribution is 14.1. The summed E-state index contributed by atoms with van der Waals surface area (Å²) in [4.78, 5) is 4.60. The van der Waals surface area contributed by atoms with Crippen molar-refractivity contribution >= 4 is 28.4 Å². The molecular weight excluding hydrogens is 367 g/mol. The molecule has 4 rings (SSSR count). The van der Waals surface area contributed by atoms with Gasteiger partial charge in [-0.25, -0.2) is 4.98 Å². The molecule has 3 heterocycles. The minimum Gasteiger partial charge on any atom is -0.368 e. The fourth-order valence-electron chi connectivity index (χ4n) is 3.58. The molecule has 3 aliphatic rings. The summed E-state index contributed by atoms with van der Waals surface area (Å²) in [5, 5.41) is 3.36. The van der Waals surface area contributed by atoms with Gasteiger partial charge in [0, 0.05) is 31.1 Å². The number of aromatic nitrogens is 1. The van der Waals surface area contributed by atoms with Crippen LogP contribution < -0.4 is 5.32 Å². The van der Waals surface area contributed by atoms with E-state index in [1.807, 2.05) is 0 Å². The number of anilines is 1. The molecule has 5 heteroatoms. The molecule has 0 radical (unpaired) electrons. The highest BCUT2D eigenvalue weighted by Crippen LogP contribution is 2.44. The third kappa shape index (κ3) is 2.23. The Morgan fingerprint density at radius 1 is 1.25 bits per heavy atom. The van der Waals surface area contributed by atoms with E-state index in [4.69, 9.17) is 9.47 Å². The van der Waals surface area contributed by atoms with E-state index in [1.54, 1.807) is 0 Å². The zero-order chi connectivity index (χ0) is 13.6. The van der Waals surface area contributed by atoms with E-state index in [-0.39, 0.29) is 5.79 Å². The molecule has 1 aromatic heterocycles. The van der Waals surface area contributed by atoms with E-state index in [9.17, 15) is 0 Å². The first-order valence-corrected chi connectivity index (χ1v) is 8.66. The first kappa shape index (κ1) is 13.3. The number of hydrogen-bond acceptors (Lipinski definition) is 4. The van der Waals surface area contributed by atoms with Crippen LogP contribution in [0, 0.1) is 0 Å². The molecule has 1 saturated carbocycles. The van der Waals surface area contributed by atoms with Gasteiger partial charge in [0.1, 0.15) is 5.82 Å². The van der Waals surface area contributed by atoms with Gasteiger partial charge in [0.05, 0.1) is 17.1 Å². The Morgan fingerprint density at radius 3 is 2.75 bits per heavy atom. The lowest BCUT2D eigenvalue weighted by Crippen LogP contribution is -2.34. The molecule has 0 amide bonds. The topological polar surface area (TPSA) is 43.4 Å². The standard InChI is InChI=1S/C15H19IN2O2/c16-13-9-18-14-12(13)7-11(8-17-14)10-1-3-15(4-2-10)19-5-6-20-15/h7-8,10,13H,1-6,9H2,(H,17,18). The van der Waals surface area contributed by atoms with Crippen LogP contribution in [0.15, 0.2) is 12.3 Å². The van der Waals surface area contributed by atoms with Crippen LogP contribution >= 0.6 is 22.6 Å². The van der Waals surface area contributed by atoms with Crippen molar-refractivity contribution in [3.05, 3.63) is 23.4 Å². The number of halogens is 1. The molecule has 2 fully saturated rings. The van der Waals surface area contributed by atoms with Crippen LogP contribution in [0.5, 0.6) is 0 Å². The highest BCUT2D eigenvalue weighted by Gasteiger charge is 2.40. The van der Waals surface area contributed by atoms with Crippen LogP contribution in [0.4, 0.5) is 5.82 Å². The summed E-state index contributed by atoms with van der Waals surface area (Å²) < 4.78 is 12.2. The maximum atomic E-state index is 5.81. The zero-order valence-corrected chi connectivity index (χ0v) is 13.6. The molecule has 4 nitrogen and oxygen atoms in total. The fourth-order valence-corrected chi connectivity index (χ4v) is 4.28. The number of pyridine rings is 1. The van der Waals surface area contributed by atoms with Crippen molar-refractivity contribution in [3.63, 3.8) is 0 Å². The molecule has 1 aliphatic carbocycles. The van der Waals surface area contributed by atoms with Crippen molar-refractivity contribution in [1.29, 1.82) is 0 Å². The average molecular weight is 386 g/mol. The average Bonchev–Trinajstić information content (AvgIpc) is 3.08. The molecule has 108 valence electrons. The minimum absolute atomic E-state index is 0.256. The van der Waals surface area contributed by atoms with E-state index in [1.165, 1.54) is 11.1 Å². The van der Waals surface area contributed by atoms with Gasteiger partial charge in [0.2, 0.25) is 0 Å². The van der Waals surface area contributed by atoms with Gasteiger partial charge in [0.15, 0.2) is 5.79 Å². The van der Waals surface area contributed by atoms with Crippen molar-refractivity contribution in [1.82, 2.24) is 4.98 Å². The van der Waals surface area contributed by atoms with Gasteiger partial charge >= 0.3 is 0 Å². The Bertz CT molecular complexity index is 507. The van der Waals surface area contributed by atoms with E-state index in [0.29, 0.717) is 9.84 Å². The van der Waals surface area contributed by atoms with Gasteiger partial charge < -0.3 is 14.8 Å². The predicted molar refractivity (Wildman–Crippen MR) is 85.3 cm³/mol. The van der Waals surface area contributed by atoms with Gasteiger partial charge in [-0.1, -0.05) is 22.6 Å². The molecule has 2 aliphatic heterocycles. The third-order valence-corrected chi connectivity index (χ3v) is 5.87. The van der Waals surface area contributed by atoms with Crippen molar-refractivity contribution in [2.24, 2.45) is 0 Å². The number of fused-ring (bicyclic) bond motifs is 1. The Kier molecular flexibility index (Phi) is 3.39. The molecule has 1 aromatic rings. The van der Waals surface area contributed by atoms with Crippen LogP contribution in [0.2, 0.25) is 0 Å². The number of alkyl halides is 1. The third-order valence-electron chi connectivity index (χ3n) is 4.76. The predicted octanol–water partition coefficient (Wildman–Crippen LogP) is 3.38. The zero-order valence-electron chi connectivity index (χ0n) is 11.4. The van der Waals surface area contributed by atoms with Crippen LogP contribution in [0.1, 0.15) is 46.7 Å². The maximum Gasteiger partial charge on any atom is 0.168 e. The molecule has 1 atom stereocenters. The minimum atomic E-state index is -0.256. The van der Waals surface area contributed by atoms with Gasteiger partial charge in [-0.2, -0.15) is 0 Å². The Morgan fingerprint density at radius 2 is 2.00 bits per heavy atom. The molecule has 20 heavy (non-hydrogen) atoms. The lowest BCUT2D eigenvalue weighted by atomic mass is 9.81. The molecular formula is C15H19IN2O2. The molecule has 0 aromatic carbocycles. The summed E-state index contributed by atoms with van der Waals surface area (Å²) in [5.74, 6) is 1.42. The summed E-state index contributed by atoms with van der Waals surface area (Å²) in [6, 6.07) is 2.36. The lowest BCUT2D eigenvalue weighted by molar-refractivity contribution is -0.178. The normalized spacial score (nSPS) is 28.6. The fraction of sp³-hybridized carbons (Fsp3) is 0.667. The first-order valence-electron chi connectivity index (χ1n) is 7.41. The number of rotatable bonds is 1. The summed E-state index contributed by atoms with van der Waals surface area (Å²) in [6.07, 6.45) is 6.36. The molecule has 1 saturated heterocycles. The van der Waals surface area contributed by atoms with Crippen molar-refractivity contribution < 1.29 is 9.47 Å². The van der Waals surface area contributed by atoms with Crippen LogP contribution in [0.25, 0.3) is 0 Å². The van der Waals surface area contributed by atoms with Gasteiger partial charge in [-0.05, 0) is 30.4 Å². The highest BCUT2D eigenvalue weighted by atomic mass is 127. The van der Waals surface area contributed by atoms with Crippen LogP contribution in [-0.4, -0.2) is 30.5 Å².